The molecule has 0 amide bonds. The molecule has 1 rings (SSSR count). The van der Waals surface area contributed by atoms with Crippen molar-refractivity contribution in [2.45, 2.75) is 7.40 Å². The van der Waals surface area contributed by atoms with Crippen LogP contribution in [0.3, 0.4) is 0 Å². The standard InChI is InChI=1S/C6H14N2.CH4.CH3.Y/c1-7-3-5-8(2)6-4-7;;;/h3-6H2,1-2H3;1H4;1H3;/q;;-1;/i;1T;;. The second-order valence-corrected chi connectivity index (χ2v) is 2.61. The van der Waals surface area contributed by atoms with E-state index in [2.05, 4.69) is 23.9 Å². The molecule has 0 unspecified atom stereocenters. The number of piperazine rings is 1. The Bertz CT molecular complexity index is 65.5. The fourth-order valence-corrected chi connectivity index (χ4v) is 0.906. The molecule has 0 aromatic carbocycles. The third-order valence-electron chi connectivity index (χ3n) is 1.73. The Morgan fingerprint density at radius 3 is 1.36 bits per heavy atom. The van der Waals surface area contributed by atoms with Crippen LogP contribution < -0.4 is 0 Å². The Morgan fingerprint density at radius 1 is 1.00 bits per heavy atom. The zero-order valence-corrected chi connectivity index (χ0v) is 11.1. The van der Waals surface area contributed by atoms with E-state index in [-0.39, 0.29) is 40.1 Å². The third-order valence-corrected chi connectivity index (χ3v) is 1.73. The van der Waals surface area contributed by atoms with Crippen LogP contribution >= 0.6 is 0 Å². The van der Waals surface area contributed by atoms with E-state index in [4.69, 9.17) is 1.37 Å². The van der Waals surface area contributed by atoms with E-state index < -0.39 is 0 Å². The minimum Gasteiger partial charge on any atom is -0.358 e. The van der Waals surface area contributed by atoms with Crippen molar-refractivity contribution in [3.63, 3.8) is 0 Å². The molecular weight excluding hydrogens is 213 g/mol. The molecule has 0 aromatic rings. The van der Waals surface area contributed by atoms with Crippen LogP contribution in [-0.2, 0) is 32.7 Å². The Balaban J connectivity index is -0.000000189. The Kier molecular flexibility index (Phi) is 12.1. The summed E-state index contributed by atoms with van der Waals surface area (Å²) in [5.74, 6) is 0. The van der Waals surface area contributed by atoms with Gasteiger partial charge in [-0.2, -0.15) is 0 Å². The summed E-state index contributed by atoms with van der Waals surface area (Å²) in [4.78, 5) is 4.72. The van der Waals surface area contributed by atoms with Gasteiger partial charge in [0.1, 0.15) is 0 Å². The average molecular weight is 236 g/mol. The van der Waals surface area contributed by atoms with Gasteiger partial charge in [0.05, 0.1) is 0 Å². The molecule has 0 aliphatic carbocycles. The second kappa shape index (κ2) is 9.11. The van der Waals surface area contributed by atoms with Gasteiger partial charge >= 0.3 is 0 Å². The number of hydrogen-bond donors (Lipinski definition) is 0. The van der Waals surface area contributed by atoms with Crippen LogP contribution in [0.1, 0.15) is 8.77 Å². The number of nitrogens with zero attached hydrogens (tertiary/aromatic N) is 2. The Morgan fingerprint density at radius 2 is 1.18 bits per heavy atom. The zero-order valence-electron chi connectivity index (χ0n) is 9.30. The third kappa shape index (κ3) is 7.39. The van der Waals surface area contributed by atoms with Crippen molar-refractivity contribution >= 4 is 0 Å². The largest absolute Gasteiger partial charge is 0.358 e. The molecule has 0 atom stereocenters. The van der Waals surface area contributed by atoms with E-state index in [0.717, 1.165) is 0 Å². The van der Waals surface area contributed by atoms with Gasteiger partial charge in [0, 0.05) is 60.3 Å². The molecule has 1 aliphatic rings. The van der Waals surface area contributed by atoms with E-state index in [9.17, 15) is 0 Å². The molecule has 1 heterocycles. The van der Waals surface area contributed by atoms with Crippen molar-refractivity contribution in [3.05, 3.63) is 7.43 Å². The summed E-state index contributed by atoms with van der Waals surface area (Å²) >= 11 is 0. The van der Waals surface area contributed by atoms with E-state index in [0.29, 0.717) is 0 Å². The van der Waals surface area contributed by atoms with Gasteiger partial charge < -0.3 is 17.2 Å². The summed E-state index contributed by atoms with van der Waals surface area (Å²) in [7, 11) is 5.60. The van der Waals surface area contributed by atoms with Crippen molar-refractivity contribution in [2.75, 3.05) is 40.3 Å². The van der Waals surface area contributed by atoms with Gasteiger partial charge in [-0.3, -0.25) is 0 Å². The van der Waals surface area contributed by atoms with Crippen LogP contribution in [-0.4, -0.2) is 50.1 Å². The molecular formula is C8H21N2Y-. The van der Waals surface area contributed by atoms with Crippen molar-refractivity contribution < 1.29 is 34.1 Å². The van der Waals surface area contributed by atoms with Crippen LogP contribution in [0, 0.1) is 7.43 Å². The fourth-order valence-electron chi connectivity index (χ4n) is 0.906. The van der Waals surface area contributed by atoms with E-state index in [1.807, 2.05) is 0 Å². The van der Waals surface area contributed by atoms with E-state index >= 15 is 0 Å². The van der Waals surface area contributed by atoms with Gasteiger partial charge in [0.25, 0.3) is 0 Å². The van der Waals surface area contributed by atoms with Gasteiger partial charge in [-0.05, 0) is 14.1 Å². The second-order valence-electron chi connectivity index (χ2n) is 2.61. The van der Waals surface area contributed by atoms with Crippen LogP contribution in [0.15, 0.2) is 0 Å². The molecule has 0 aromatic heterocycles. The number of hydrogen-bond acceptors (Lipinski definition) is 2. The predicted molar refractivity (Wildman–Crippen MR) is 48.1 cm³/mol. The van der Waals surface area contributed by atoms with Crippen molar-refractivity contribution in [3.8, 4) is 0 Å². The van der Waals surface area contributed by atoms with Gasteiger partial charge in [-0.25, -0.2) is 0 Å². The maximum atomic E-state index is 5.75. The quantitative estimate of drug-likeness (QED) is 0.578. The molecule has 1 radical (unpaired) electrons. The van der Waals surface area contributed by atoms with Crippen molar-refractivity contribution in [1.29, 1.82) is 0 Å². The normalized spacial score (nSPS) is 19.7. The molecule has 1 aliphatic heterocycles. The molecule has 1 saturated heterocycles. The molecule has 0 bridgehead atoms. The molecule has 67 valence electrons. The summed E-state index contributed by atoms with van der Waals surface area (Å²) in [5, 5.41) is 0. The average Bonchev–Trinajstić information content (AvgIpc) is 2.00. The van der Waals surface area contributed by atoms with E-state index in [1.54, 1.807) is 0 Å². The topological polar surface area (TPSA) is 6.48 Å². The first kappa shape index (κ1) is 14.5. The SMILES string of the molecule is CN1CCN(C)CC1.[3H]C.[CH3-].[Y]. The number of rotatable bonds is 0. The van der Waals surface area contributed by atoms with Gasteiger partial charge in [-0.1, -0.05) is 7.40 Å². The molecule has 2 nitrogen and oxygen atoms in total. The Hall–Kier alpha value is 1.02. The maximum Gasteiger partial charge on any atom is 0.0194 e. The summed E-state index contributed by atoms with van der Waals surface area (Å²) < 4.78 is 5.75. The van der Waals surface area contributed by atoms with Crippen molar-refractivity contribution in [2.24, 2.45) is 0 Å². The number of likely N-dealkylation sites (N-methyl/N-ethyl adjacent to an activating group) is 2. The first-order valence-electron chi connectivity index (χ1n) is 4.16. The summed E-state index contributed by atoms with van der Waals surface area (Å²) in [6.45, 7) is 4.93. The Labute approximate surface area is 98.6 Å². The summed E-state index contributed by atoms with van der Waals surface area (Å²) in [5.41, 5.74) is 0. The molecule has 0 N–H and O–H groups in total. The first-order chi connectivity index (χ1) is 4.79. The summed E-state index contributed by atoms with van der Waals surface area (Å²) in [6, 6.07) is 0. The van der Waals surface area contributed by atoms with Crippen LogP contribution in [0.4, 0.5) is 0 Å². The fraction of sp³-hybridized carbons (Fsp3) is 0.875. The molecule has 0 spiro atoms. The van der Waals surface area contributed by atoms with Crippen molar-refractivity contribution in [1.82, 2.24) is 9.80 Å². The monoisotopic (exact) mass is 236 g/mol. The molecule has 11 heavy (non-hydrogen) atoms. The maximum absolute atomic E-state index is 5.75. The molecule has 0 saturated carbocycles. The summed E-state index contributed by atoms with van der Waals surface area (Å²) in [6.07, 6.45) is 0. The molecule has 1 fully saturated rings. The van der Waals surface area contributed by atoms with Crippen LogP contribution in [0.2, 0.25) is 0 Å². The van der Waals surface area contributed by atoms with Gasteiger partial charge in [0.2, 0.25) is 0 Å². The first-order valence-corrected chi connectivity index (χ1v) is 3.16. The minimum atomic E-state index is 0. The minimum absolute atomic E-state index is 0. The molecule has 3 heteroatoms. The van der Waals surface area contributed by atoms with E-state index in [1.165, 1.54) is 33.6 Å². The van der Waals surface area contributed by atoms with Gasteiger partial charge in [-0.15, -0.1) is 0 Å². The smallest absolute Gasteiger partial charge is 0.0194 e. The van der Waals surface area contributed by atoms with Gasteiger partial charge in [0.15, 0.2) is 0 Å². The zero-order chi connectivity index (χ0) is 7.98. The van der Waals surface area contributed by atoms with Crippen LogP contribution in [0.25, 0.3) is 0 Å². The predicted octanol–water partition coefficient (Wildman–Crippen LogP) is 0.947. The van der Waals surface area contributed by atoms with Crippen LogP contribution in [0.5, 0.6) is 0 Å².